The number of fused-ring (bicyclic) bond motifs is 8. The largest absolute Gasteiger partial charge is 0.489 e. The van der Waals surface area contributed by atoms with Crippen molar-refractivity contribution in [3.8, 4) is 5.75 Å². The number of rotatable bonds is 6. The average molecular weight is 824 g/mol. The van der Waals surface area contributed by atoms with Crippen LogP contribution in [0.4, 0.5) is 24.7 Å². The molecule has 3 atom stereocenters. The molecule has 60 heavy (non-hydrogen) atoms. The minimum Gasteiger partial charge on any atom is -0.489 e. The van der Waals surface area contributed by atoms with Crippen molar-refractivity contribution in [1.82, 2.24) is 35.2 Å². The number of carbonyl (C=O) groups is 3. The number of piperazine rings is 1. The second kappa shape index (κ2) is 14.2. The molecule has 6 aliphatic heterocycles. The first-order valence-electron chi connectivity index (χ1n) is 21.4. The topological polar surface area (TPSA) is 130 Å². The van der Waals surface area contributed by atoms with Gasteiger partial charge in [0.25, 0.3) is 5.91 Å². The van der Waals surface area contributed by atoms with Crippen molar-refractivity contribution < 1.29 is 32.3 Å². The van der Waals surface area contributed by atoms with Gasteiger partial charge in [-0.25, -0.2) is 4.98 Å². The van der Waals surface area contributed by atoms with Crippen molar-refractivity contribution in [2.24, 2.45) is 11.3 Å². The number of hydrogen-bond donors (Lipinski definition) is 2. The molecule has 2 N–H and O–H groups in total. The quantitative estimate of drug-likeness (QED) is 0.262. The molecule has 7 aliphatic rings. The Labute approximate surface area is 345 Å². The zero-order valence-corrected chi connectivity index (χ0v) is 33.3. The molecule has 2 aromatic heterocycles. The number of pyridine rings is 1. The van der Waals surface area contributed by atoms with Gasteiger partial charge in [0.15, 0.2) is 0 Å². The number of amides is 3. The Bertz CT molecular complexity index is 2370. The fourth-order valence-electron chi connectivity index (χ4n) is 11.7. The van der Waals surface area contributed by atoms with Gasteiger partial charge in [-0.15, -0.1) is 0 Å². The predicted molar refractivity (Wildman–Crippen MR) is 216 cm³/mol. The summed E-state index contributed by atoms with van der Waals surface area (Å²) in [6.45, 7) is 5.85. The van der Waals surface area contributed by atoms with Gasteiger partial charge in [-0.1, -0.05) is 12.1 Å². The smallest absolute Gasteiger partial charge is 0.401 e. The Kier molecular flexibility index (Phi) is 8.92. The summed E-state index contributed by atoms with van der Waals surface area (Å²) in [7, 11) is 0. The average Bonchev–Trinajstić information content (AvgIpc) is 3.84. The van der Waals surface area contributed by atoms with Crippen LogP contribution in [0.5, 0.6) is 5.75 Å². The van der Waals surface area contributed by atoms with Crippen LogP contribution >= 0.6 is 0 Å². The summed E-state index contributed by atoms with van der Waals surface area (Å²) in [5, 5.41) is 10.5. The number of ether oxygens (including phenoxy) is 1. The molecule has 16 heteroatoms. The Morgan fingerprint density at radius 1 is 0.900 bits per heavy atom. The zero-order chi connectivity index (χ0) is 40.9. The molecule has 314 valence electrons. The first kappa shape index (κ1) is 37.8. The predicted octanol–water partition coefficient (Wildman–Crippen LogP) is 4.81. The maximum Gasteiger partial charge on any atom is 0.401 e. The van der Waals surface area contributed by atoms with Crippen LogP contribution in [0.2, 0.25) is 0 Å². The van der Waals surface area contributed by atoms with E-state index >= 15 is 0 Å². The van der Waals surface area contributed by atoms with E-state index in [1.165, 1.54) is 17.7 Å². The molecule has 2 aromatic carbocycles. The highest BCUT2D eigenvalue weighted by molar-refractivity contribution is 6.06. The molecule has 4 aromatic rings. The fourth-order valence-corrected chi connectivity index (χ4v) is 11.7. The van der Waals surface area contributed by atoms with Gasteiger partial charge in [0, 0.05) is 74.9 Å². The molecular weight excluding hydrogens is 776 g/mol. The lowest BCUT2D eigenvalue weighted by Crippen LogP contribution is -2.59. The second-order valence-electron chi connectivity index (χ2n) is 18.2. The van der Waals surface area contributed by atoms with Crippen molar-refractivity contribution in [3.05, 3.63) is 76.6 Å². The lowest BCUT2D eigenvalue weighted by Gasteiger charge is -2.54. The number of aromatic amines is 1. The zero-order valence-electron chi connectivity index (χ0n) is 33.3. The first-order chi connectivity index (χ1) is 29.0. The molecule has 13 nitrogen and oxygen atoms in total. The van der Waals surface area contributed by atoms with Crippen molar-refractivity contribution in [3.63, 3.8) is 0 Å². The number of aromatic nitrogens is 3. The third-order valence-corrected chi connectivity index (χ3v) is 14.6. The molecule has 0 unspecified atom stereocenters. The summed E-state index contributed by atoms with van der Waals surface area (Å²) in [4.78, 5) is 53.0. The van der Waals surface area contributed by atoms with E-state index in [2.05, 4.69) is 30.2 Å². The highest BCUT2D eigenvalue weighted by Crippen LogP contribution is 2.53. The monoisotopic (exact) mass is 823 g/mol. The van der Waals surface area contributed by atoms with Crippen LogP contribution in [0.25, 0.3) is 10.9 Å². The summed E-state index contributed by atoms with van der Waals surface area (Å²) in [6.07, 6.45) is 5.00. The molecule has 0 radical (unpaired) electrons. The number of halogens is 3. The number of anilines is 2. The first-order valence-corrected chi connectivity index (χ1v) is 21.4. The molecule has 1 saturated carbocycles. The van der Waals surface area contributed by atoms with Crippen molar-refractivity contribution in [1.29, 1.82) is 0 Å². The SMILES string of the molecule is O=C1CC[C@H](N2Cc3c(ccc4c3OC[C@H]3CN(CC5CC6(CCN(c7ccc([C@H]8c9ccc%10[nH]ncc%10c9CCN8CC(F)(F)F)cn7)CC6)C5)CCN43)C2=O)C(=O)N1. The van der Waals surface area contributed by atoms with Gasteiger partial charge in [-0.3, -0.25) is 34.6 Å². The number of imide groups is 1. The minimum atomic E-state index is -4.31. The van der Waals surface area contributed by atoms with Gasteiger partial charge < -0.3 is 19.4 Å². The number of nitrogens with one attached hydrogen (secondary N) is 2. The lowest BCUT2D eigenvalue weighted by atomic mass is 9.57. The van der Waals surface area contributed by atoms with Gasteiger partial charge in [0.05, 0.1) is 42.6 Å². The van der Waals surface area contributed by atoms with E-state index in [-0.39, 0.29) is 24.3 Å². The van der Waals surface area contributed by atoms with E-state index < -0.39 is 30.7 Å². The van der Waals surface area contributed by atoms with Crippen LogP contribution in [0.15, 0.2) is 48.8 Å². The normalized spacial score (nSPS) is 25.8. The maximum atomic E-state index is 13.8. The lowest BCUT2D eigenvalue weighted by molar-refractivity contribution is -0.150. The number of piperidine rings is 2. The van der Waals surface area contributed by atoms with Gasteiger partial charge in [0.1, 0.15) is 24.2 Å². The summed E-state index contributed by atoms with van der Waals surface area (Å²) in [6, 6.07) is 10.7. The van der Waals surface area contributed by atoms with Gasteiger partial charge in [-0.05, 0) is 90.8 Å². The fraction of sp³-hybridized carbons (Fsp3) is 0.523. The molecule has 4 fully saturated rings. The Morgan fingerprint density at radius 3 is 2.53 bits per heavy atom. The number of nitrogens with zero attached hydrogens (tertiary/aromatic N) is 7. The highest BCUT2D eigenvalue weighted by atomic mass is 19.4. The van der Waals surface area contributed by atoms with Crippen molar-refractivity contribution in [2.75, 3.05) is 68.8 Å². The molecule has 1 spiro atoms. The molecule has 3 saturated heterocycles. The van der Waals surface area contributed by atoms with Crippen LogP contribution in [0, 0.1) is 11.3 Å². The van der Waals surface area contributed by atoms with Gasteiger partial charge in [0.2, 0.25) is 11.8 Å². The molecule has 1 aliphatic carbocycles. The molecule has 8 heterocycles. The number of benzene rings is 2. The van der Waals surface area contributed by atoms with E-state index in [0.717, 1.165) is 103 Å². The van der Waals surface area contributed by atoms with E-state index in [4.69, 9.17) is 9.72 Å². The summed E-state index contributed by atoms with van der Waals surface area (Å²) < 4.78 is 47.7. The molecule has 0 bridgehead atoms. The third-order valence-electron chi connectivity index (χ3n) is 14.6. The molecular formula is C44H48F3N9O4. The second-order valence-corrected chi connectivity index (χ2v) is 18.2. The maximum absolute atomic E-state index is 13.8. The molecule has 11 rings (SSSR count). The summed E-state index contributed by atoms with van der Waals surface area (Å²) in [5.41, 5.74) is 6.38. The standard InChI is InChI=1S/C44H48F3N9O4/c45-44(46,47)25-54-12-9-29-30(2-4-34-32(29)20-49-51-34)39(54)27-1-7-37(48-19-27)53-13-10-43(11-14-53)17-26(18-43)21-52-15-16-55-28(22-52)24-60-40-33-23-56(36-6-8-38(57)50-41(36)58)42(59)31(33)3-5-35(40)55/h1-5,7,19-20,26,28,36,39H,6,8-18,21-25H2,(H,49,51)(H,50,57,58)/t28-,36+,39+/m1/s1. The number of H-pyrrole nitrogens is 1. The number of carbonyl (C=O) groups excluding carboxylic acids is 3. The third kappa shape index (κ3) is 6.48. The van der Waals surface area contributed by atoms with Crippen molar-refractivity contribution in [2.45, 2.75) is 75.8 Å². The van der Waals surface area contributed by atoms with E-state index in [1.807, 2.05) is 36.4 Å². The van der Waals surface area contributed by atoms with Crippen LogP contribution in [-0.4, -0.2) is 125 Å². The Morgan fingerprint density at radius 2 is 1.75 bits per heavy atom. The van der Waals surface area contributed by atoms with Gasteiger partial charge >= 0.3 is 6.18 Å². The van der Waals surface area contributed by atoms with Crippen LogP contribution in [0.3, 0.4) is 0 Å². The van der Waals surface area contributed by atoms with E-state index in [0.29, 0.717) is 49.4 Å². The van der Waals surface area contributed by atoms with Crippen LogP contribution in [-0.2, 0) is 22.6 Å². The van der Waals surface area contributed by atoms with Crippen LogP contribution < -0.4 is 19.9 Å². The molecule has 3 amide bonds. The Balaban J connectivity index is 0.689. The van der Waals surface area contributed by atoms with E-state index in [9.17, 15) is 27.6 Å². The summed E-state index contributed by atoms with van der Waals surface area (Å²) >= 11 is 0. The minimum absolute atomic E-state index is 0.187. The van der Waals surface area contributed by atoms with Gasteiger partial charge in [-0.2, -0.15) is 18.3 Å². The van der Waals surface area contributed by atoms with E-state index in [1.54, 1.807) is 17.3 Å². The summed E-state index contributed by atoms with van der Waals surface area (Å²) in [5.74, 6) is 1.39. The van der Waals surface area contributed by atoms with Crippen LogP contribution in [0.1, 0.15) is 77.2 Å². The number of hydrogen-bond acceptors (Lipinski definition) is 10. The Hall–Kier alpha value is -5.22. The highest BCUT2D eigenvalue weighted by Gasteiger charge is 2.48. The number of alkyl halides is 3. The van der Waals surface area contributed by atoms with Crippen molar-refractivity contribution >= 4 is 40.1 Å².